The maximum Gasteiger partial charge on any atom is 0.0575 e. The van der Waals surface area contributed by atoms with Gasteiger partial charge in [0.2, 0.25) is 0 Å². The van der Waals surface area contributed by atoms with Crippen molar-refractivity contribution in [2.24, 2.45) is 0 Å². The van der Waals surface area contributed by atoms with Gasteiger partial charge >= 0.3 is 0 Å². The van der Waals surface area contributed by atoms with Crippen LogP contribution in [-0.2, 0) is 0 Å². The molecule has 2 heteroatoms. The van der Waals surface area contributed by atoms with E-state index >= 15 is 0 Å². The predicted molar refractivity (Wildman–Crippen MR) is 60.3 cm³/mol. The van der Waals surface area contributed by atoms with Crippen molar-refractivity contribution >= 4 is 27.1 Å². The minimum atomic E-state index is 0.579. The highest BCUT2D eigenvalue weighted by atomic mass is 32.1. The zero-order valence-electron chi connectivity index (χ0n) is 7.87. The van der Waals surface area contributed by atoms with Gasteiger partial charge in [0.15, 0.2) is 0 Å². The standard InChI is InChI=1S/C11H13NS/c1-7(2)9-6-13-11-8(9)4-3-5-10(11)12/h3-7H,12H2,1-2H3. The molecule has 1 aromatic heterocycles. The summed E-state index contributed by atoms with van der Waals surface area (Å²) in [4.78, 5) is 0. The van der Waals surface area contributed by atoms with Crippen LogP contribution in [0.25, 0.3) is 10.1 Å². The van der Waals surface area contributed by atoms with Gasteiger partial charge in [0, 0.05) is 5.69 Å². The SMILES string of the molecule is CC(C)c1csc2c(N)cccc12. The Morgan fingerprint density at radius 2 is 2.08 bits per heavy atom. The lowest BCUT2D eigenvalue weighted by molar-refractivity contribution is 0.880. The molecule has 0 aliphatic heterocycles. The molecule has 0 radical (unpaired) electrons. The second-order valence-electron chi connectivity index (χ2n) is 3.57. The van der Waals surface area contributed by atoms with E-state index in [2.05, 4.69) is 25.3 Å². The highest BCUT2D eigenvalue weighted by Crippen LogP contribution is 2.34. The highest BCUT2D eigenvalue weighted by Gasteiger charge is 2.08. The second kappa shape index (κ2) is 3.04. The lowest BCUT2D eigenvalue weighted by atomic mass is 10.0. The molecule has 2 rings (SSSR count). The minimum Gasteiger partial charge on any atom is -0.398 e. The van der Waals surface area contributed by atoms with Gasteiger partial charge in [-0.15, -0.1) is 11.3 Å². The molecule has 0 atom stereocenters. The van der Waals surface area contributed by atoms with Crippen LogP contribution in [0.15, 0.2) is 23.6 Å². The number of benzene rings is 1. The molecular formula is C11H13NS. The Labute approximate surface area is 82.2 Å². The van der Waals surface area contributed by atoms with Gasteiger partial charge in [0.25, 0.3) is 0 Å². The van der Waals surface area contributed by atoms with E-state index < -0.39 is 0 Å². The van der Waals surface area contributed by atoms with Gasteiger partial charge < -0.3 is 5.73 Å². The first-order chi connectivity index (χ1) is 6.20. The molecule has 0 spiro atoms. The number of fused-ring (bicyclic) bond motifs is 1. The monoisotopic (exact) mass is 191 g/mol. The Bertz CT molecular complexity index is 429. The Morgan fingerprint density at radius 3 is 2.77 bits per heavy atom. The molecule has 1 nitrogen and oxygen atoms in total. The Kier molecular flexibility index (Phi) is 2.00. The van der Waals surface area contributed by atoms with E-state index in [1.54, 1.807) is 11.3 Å². The van der Waals surface area contributed by atoms with E-state index in [4.69, 9.17) is 5.73 Å². The fourth-order valence-corrected chi connectivity index (χ4v) is 2.71. The summed E-state index contributed by atoms with van der Waals surface area (Å²) in [5.41, 5.74) is 8.19. The summed E-state index contributed by atoms with van der Waals surface area (Å²) in [5, 5.41) is 3.53. The maximum atomic E-state index is 5.88. The third kappa shape index (κ3) is 1.31. The summed E-state index contributed by atoms with van der Waals surface area (Å²) in [6.45, 7) is 4.43. The number of rotatable bonds is 1. The van der Waals surface area contributed by atoms with Crippen molar-refractivity contribution in [3.8, 4) is 0 Å². The average Bonchev–Trinajstić information content (AvgIpc) is 2.48. The van der Waals surface area contributed by atoms with E-state index in [9.17, 15) is 0 Å². The quantitative estimate of drug-likeness (QED) is 0.685. The summed E-state index contributed by atoms with van der Waals surface area (Å²) in [5.74, 6) is 0.579. The molecule has 68 valence electrons. The van der Waals surface area contributed by atoms with Gasteiger partial charge in [-0.1, -0.05) is 26.0 Å². The van der Waals surface area contributed by atoms with Crippen LogP contribution < -0.4 is 5.73 Å². The number of nitrogen functional groups attached to an aromatic ring is 1. The molecule has 0 fully saturated rings. The van der Waals surface area contributed by atoms with Gasteiger partial charge in [-0.2, -0.15) is 0 Å². The first-order valence-corrected chi connectivity index (χ1v) is 5.33. The van der Waals surface area contributed by atoms with Crippen molar-refractivity contribution in [2.75, 3.05) is 5.73 Å². The third-order valence-corrected chi connectivity index (χ3v) is 3.35. The lowest BCUT2D eigenvalue weighted by Crippen LogP contribution is -1.86. The Morgan fingerprint density at radius 1 is 1.31 bits per heavy atom. The molecule has 0 aliphatic rings. The molecule has 0 unspecified atom stereocenters. The molecular weight excluding hydrogens is 178 g/mol. The normalized spacial score (nSPS) is 11.3. The maximum absolute atomic E-state index is 5.88. The number of hydrogen-bond acceptors (Lipinski definition) is 2. The second-order valence-corrected chi connectivity index (χ2v) is 4.45. The van der Waals surface area contributed by atoms with Crippen LogP contribution in [0.4, 0.5) is 5.69 Å². The molecule has 13 heavy (non-hydrogen) atoms. The predicted octanol–water partition coefficient (Wildman–Crippen LogP) is 3.61. The van der Waals surface area contributed by atoms with Gasteiger partial charge in [0.05, 0.1) is 4.70 Å². The smallest absolute Gasteiger partial charge is 0.0575 e. The van der Waals surface area contributed by atoms with Crippen molar-refractivity contribution in [1.82, 2.24) is 0 Å². The summed E-state index contributed by atoms with van der Waals surface area (Å²) >= 11 is 1.74. The van der Waals surface area contributed by atoms with Crippen LogP contribution in [0.5, 0.6) is 0 Å². The fourth-order valence-electron chi connectivity index (χ4n) is 1.55. The van der Waals surface area contributed by atoms with Crippen molar-refractivity contribution in [3.63, 3.8) is 0 Å². The number of hydrogen-bond donors (Lipinski definition) is 1. The van der Waals surface area contributed by atoms with Crippen LogP contribution in [0.2, 0.25) is 0 Å². The average molecular weight is 191 g/mol. The van der Waals surface area contributed by atoms with Crippen LogP contribution >= 0.6 is 11.3 Å². The van der Waals surface area contributed by atoms with Crippen LogP contribution in [0.1, 0.15) is 25.3 Å². The van der Waals surface area contributed by atoms with E-state index in [-0.39, 0.29) is 0 Å². The zero-order valence-corrected chi connectivity index (χ0v) is 8.69. The molecule has 0 saturated heterocycles. The van der Waals surface area contributed by atoms with Crippen LogP contribution in [-0.4, -0.2) is 0 Å². The molecule has 0 amide bonds. The molecule has 2 aromatic rings. The van der Waals surface area contributed by atoms with E-state index in [0.717, 1.165) is 5.69 Å². The summed E-state index contributed by atoms with van der Waals surface area (Å²) in [7, 11) is 0. The summed E-state index contributed by atoms with van der Waals surface area (Å²) < 4.78 is 1.23. The van der Waals surface area contributed by atoms with Gasteiger partial charge in [0.1, 0.15) is 0 Å². The minimum absolute atomic E-state index is 0.579. The molecule has 0 bridgehead atoms. The Hall–Kier alpha value is -1.02. The topological polar surface area (TPSA) is 26.0 Å². The van der Waals surface area contributed by atoms with Crippen molar-refractivity contribution in [1.29, 1.82) is 0 Å². The molecule has 0 saturated carbocycles. The van der Waals surface area contributed by atoms with E-state index in [1.807, 2.05) is 12.1 Å². The Balaban J connectivity index is 2.75. The van der Waals surface area contributed by atoms with Crippen molar-refractivity contribution in [2.45, 2.75) is 19.8 Å². The van der Waals surface area contributed by atoms with Gasteiger partial charge in [-0.05, 0) is 28.3 Å². The highest BCUT2D eigenvalue weighted by molar-refractivity contribution is 7.18. The van der Waals surface area contributed by atoms with Gasteiger partial charge in [-0.25, -0.2) is 0 Å². The lowest BCUT2D eigenvalue weighted by Gasteiger charge is -2.02. The van der Waals surface area contributed by atoms with E-state index in [0.29, 0.717) is 5.92 Å². The number of anilines is 1. The molecule has 1 heterocycles. The number of nitrogens with two attached hydrogens (primary N) is 1. The fraction of sp³-hybridized carbons (Fsp3) is 0.273. The largest absolute Gasteiger partial charge is 0.398 e. The molecule has 2 N–H and O–H groups in total. The third-order valence-electron chi connectivity index (χ3n) is 2.28. The summed E-state index contributed by atoms with van der Waals surface area (Å²) in [6, 6.07) is 6.14. The number of thiophene rings is 1. The summed E-state index contributed by atoms with van der Waals surface area (Å²) in [6.07, 6.45) is 0. The zero-order chi connectivity index (χ0) is 9.42. The van der Waals surface area contributed by atoms with Gasteiger partial charge in [-0.3, -0.25) is 0 Å². The first-order valence-electron chi connectivity index (χ1n) is 4.45. The van der Waals surface area contributed by atoms with Crippen molar-refractivity contribution in [3.05, 3.63) is 29.1 Å². The van der Waals surface area contributed by atoms with E-state index in [1.165, 1.54) is 15.6 Å². The van der Waals surface area contributed by atoms with Crippen LogP contribution in [0, 0.1) is 0 Å². The van der Waals surface area contributed by atoms with Crippen molar-refractivity contribution < 1.29 is 0 Å². The molecule has 1 aromatic carbocycles. The van der Waals surface area contributed by atoms with Crippen LogP contribution in [0.3, 0.4) is 0 Å². The molecule has 0 aliphatic carbocycles. The first kappa shape index (κ1) is 8.57.